The summed E-state index contributed by atoms with van der Waals surface area (Å²) >= 11 is 0. The average molecular weight is 396 g/mol. The van der Waals surface area contributed by atoms with Crippen molar-refractivity contribution in [1.29, 1.82) is 0 Å². The molecule has 1 N–H and O–H groups in total. The smallest absolute Gasteiger partial charge is 0.272 e. The minimum Gasteiger partial charge on any atom is -0.496 e. The zero-order chi connectivity index (χ0) is 20.6. The third kappa shape index (κ3) is 5.32. The number of amides is 2. The monoisotopic (exact) mass is 396 g/mol. The molecule has 0 spiro atoms. The van der Waals surface area contributed by atoms with E-state index in [2.05, 4.69) is 22.1 Å². The molecule has 1 aromatic carbocycles. The highest BCUT2D eigenvalue weighted by Crippen LogP contribution is 2.17. The lowest BCUT2D eigenvalue weighted by atomic mass is 10.1. The number of benzene rings is 1. The first-order chi connectivity index (χ1) is 14.1. The second kappa shape index (κ2) is 10.0. The molecule has 154 valence electrons. The molecule has 0 bridgehead atoms. The highest BCUT2D eigenvalue weighted by Gasteiger charge is 2.22. The van der Waals surface area contributed by atoms with Gasteiger partial charge in [0.1, 0.15) is 11.4 Å². The van der Waals surface area contributed by atoms with Crippen LogP contribution in [0.3, 0.4) is 0 Å². The van der Waals surface area contributed by atoms with Crippen molar-refractivity contribution in [2.75, 3.05) is 46.4 Å². The fourth-order valence-electron chi connectivity index (χ4n) is 3.44. The number of para-hydroxylation sites is 1. The van der Waals surface area contributed by atoms with Gasteiger partial charge < -0.3 is 19.9 Å². The van der Waals surface area contributed by atoms with E-state index < -0.39 is 0 Å². The number of piperazine rings is 1. The van der Waals surface area contributed by atoms with Gasteiger partial charge in [-0.05, 0) is 36.7 Å². The first-order valence-electron chi connectivity index (χ1n) is 10.00. The first-order valence-corrected chi connectivity index (χ1v) is 10.00. The van der Waals surface area contributed by atoms with Crippen molar-refractivity contribution in [3.05, 3.63) is 59.4 Å². The average Bonchev–Trinajstić information content (AvgIpc) is 2.79. The van der Waals surface area contributed by atoms with Crippen molar-refractivity contribution in [3.63, 3.8) is 0 Å². The number of aromatic nitrogens is 1. The predicted octanol–water partition coefficient (Wildman–Crippen LogP) is 1.84. The summed E-state index contributed by atoms with van der Waals surface area (Å²) in [5, 5.41) is 2.90. The van der Waals surface area contributed by atoms with Crippen molar-refractivity contribution in [3.8, 4) is 5.75 Å². The normalized spacial score (nSPS) is 14.5. The van der Waals surface area contributed by atoms with E-state index in [1.807, 2.05) is 24.3 Å². The number of hydrogen-bond donors (Lipinski definition) is 1. The fraction of sp³-hybridized carbons (Fsp3) is 0.409. The number of hydrogen-bond acceptors (Lipinski definition) is 5. The number of rotatable bonds is 7. The van der Waals surface area contributed by atoms with Gasteiger partial charge >= 0.3 is 0 Å². The molecule has 1 aromatic heterocycles. The standard InChI is InChI=1S/C22H28N4O3/c1-3-25-12-14-26(15-13-25)22(28)19-16-18(9-10-23-19)21(27)24-11-8-17-6-4-5-7-20(17)29-2/h4-7,9-10,16H,3,8,11-15H2,1-2H3,(H,24,27). The highest BCUT2D eigenvalue weighted by molar-refractivity contribution is 5.98. The second-order valence-electron chi connectivity index (χ2n) is 6.97. The van der Waals surface area contributed by atoms with Crippen molar-refractivity contribution in [1.82, 2.24) is 20.1 Å². The Kier molecular flexibility index (Phi) is 7.19. The maximum Gasteiger partial charge on any atom is 0.272 e. The molecule has 2 aromatic rings. The zero-order valence-electron chi connectivity index (χ0n) is 17.1. The van der Waals surface area contributed by atoms with E-state index in [4.69, 9.17) is 4.74 Å². The van der Waals surface area contributed by atoms with E-state index in [0.29, 0.717) is 37.3 Å². The second-order valence-corrected chi connectivity index (χ2v) is 6.97. The Hall–Kier alpha value is -2.93. The van der Waals surface area contributed by atoms with Crippen molar-refractivity contribution < 1.29 is 14.3 Å². The van der Waals surface area contributed by atoms with Crippen LogP contribution in [0.2, 0.25) is 0 Å². The van der Waals surface area contributed by atoms with Crippen LogP contribution in [0.15, 0.2) is 42.6 Å². The van der Waals surface area contributed by atoms with E-state index in [1.165, 1.54) is 6.20 Å². The minimum absolute atomic E-state index is 0.121. The summed E-state index contributed by atoms with van der Waals surface area (Å²) in [5.74, 6) is 0.471. The summed E-state index contributed by atoms with van der Waals surface area (Å²) < 4.78 is 5.33. The van der Waals surface area contributed by atoms with Crippen LogP contribution in [0.1, 0.15) is 33.3 Å². The number of ether oxygens (including phenoxy) is 1. The summed E-state index contributed by atoms with van der Waals surface area (Å²) in [6, 6.07) is 10.9. The molecule has 0 atom stereocenters. The Bertz CT molecular complexity index is 847. The van der Waals surface area contributed by atoms with E-state index >= 15 is 0 Å². The van der Waals surface area contributed by atoms with Crippen LogP contribution in [0.25, 0.3) is 0 Å². The third-order valence-electron chi connectivity index (χ3n) is 5.22. The number of methoxy groups -OCH3 is 1. The van der Waals surface area contributed by atoms with Gasteiger partial charge in [-0.3, -0.25) is 14.6 Å². The summed E-state index contributed by atoms with van der Waals surface area (Å²) in [7, 11) is 1.63. The molecular formula is C22H28N4O3. The van der Waals surface area contributed by atoms with Crippen LogP contribution in [-0.4, -0.2) is 73.0 Å². The van der Waals surface area contributed by atoms with Crippen LogP contribution >= 0.6 is 0 Å². The fourth-order valence-corrected chi connectivity index (χ4v) is 3.44. The van der Waals surface area contributed by atoms with Crippen LogP contribution in [0.4, 0.5) is 0 Å². The van der Waals surface area contributed by atoms with Gasteiger partial charge in [-0.15, -0.1) is 0 Å². The van der Waals surface area contributed by atoms with Gasteiger partial charge in [0, 0.05) is 44.5 Å². The molecule has 3 rings (SSSR count). The number of carbonyl (C=O) groups is 2. The maximum atomic E-state index is 12.7. The lowest BCUT2D eigenvalue weighted by Gasteiger charge is -2.33. The van der Waals surface area contributed by atoms with Gasteiger partial charge in [-0.2, -0.15) is 0 Å². The number of nitrogens with one attached hydrogen (secondary N) is 1. The quantitative estimate of drug-likeness (QED) is 0.773. The molecule has 2 heterocycles. The Labute approximate surface area is 171 Å². The molecule has 0 unspecified atom stereocenters. The SMILES string of the molecule is CCN1CCN(C(=O)c2cc(C(=O)NCCc3ccccc3OC)ccn2)CC1. The van der Waals surface area contributed by atoms with Gasteiger partial charge in [0.15, 0.2) is 0 Å². The Morgan fingerprint density at radius 2 is 1.90 bits per heavy atom. The van der Waals surface area contributed by atoms with Crippen LogP contribution in [0.5, 0.6) is 5.75 Å². The van der Waals surface area contributed by atoms with Gasteiger partial charge in [0.2, 0.25) is 0 Å². The summed E-state index contributed by atoms with van der Waals surface area (Å²) in [4.78, 5) is 33.6. The maximum absolute atomic E-state index is 12.7. The van der Waals surface area contributed by atoms with Gasteiger partial charge in [0.25, 0.3) is 11.8 Å². The zero-order valence-corrected chi connectivity index (χ0v) is 17.1. The predicted molar refractivity (Wildman–Crippen MR) is 111 cm³/mol. The van der Waals surface area contributed by atoms with E-state index in [-0.39, 0.29) is 11.8 Å². The number of carbonyl (C=O) groups excluding carboxylic acids is 2. The number of pyridine rings is 1. The number of nitrogens with zero attached hydrogens (tertiary/aromatic N) is 3. The Morgan fingerprint density at radius 3 is 2.62 bits per heavy atom. The summed E-state index contributed by atoms with van der Waals surface area (Å²) in [6.45, 7) is 6.69. The van der Waals surface area contributed by atoms with Crippen LogP contribution in [-0.2, 0) is 6.42 Å². The molecule has 1 saturated heterocycles. The molecule has 0 saturated carbocycles. The first kappa shape index (κ1) is 20.8. The summed E-state index contributed by atoms with van der Waals surface area (Å²) in [6.07, 6.45) is 2.18. The third-order valence-corrected chi connectivity index (χ3v) is 5.22. The molecule has 0 radical (unpaired) electrons. The molecule has 1 fully saturated rings. The molecule has 2 amide bonds. The Balaban J connectivity index is 1.57. The van der Waals surface area contributed by atoms with Crippen molar-refractivity contribution in [2.45, 2.75) is 13.3 Å². The van der Waals surface area contributed by atoms with E-state index in [9.17, 15) is 9.59 Å². The van der Waals surface area contributed by atoms with Gasteiger partial charge in [-0.25, -0.2) is 0 Å². The van der Waals surface area contributed by atoms with Gasteiger partial charge in [-0.1, -0.05) is 25.1 Å². The topological polar surface area (TPSA) is 74.8 Å². The minimum atomic E-state index is -0.216. The Morgan fingerprint density at radius 1 is 1.14 bits per heavy atom. The molecule has 0 aliphatic carbocycles. The van der Waals surface area contributed by atoms with E-state index in [0.717, 1.165) is 30.9 Å². The molecule has 7 heteroatoms. The van der Waals surface area contributed by atoms with Crippen LogP contribution in [0, 0.1) is 0 Å². The van der Waals surface area contributed by atoms with Crippen molar-refractivity contribution >= 4 is 11.8 Å². The molecule has 1 aliphatic rings. The van der Waals surface area contributed by atoms with Crippen LogP contribution < -0.4 is 10.1 Å². The van der Waals surface area contributed by atoms with E-state index in [1.54, 1.807) is 24.1 Å². The molecule has 29 heavy (non-hydrogen) atoms. The lowest BCUT2D eigenvalue weighted by Crippen LogP contribution is -2.48. The lowest BCUT2D eigenvalue weighted by molar-refractivity contribution is 0.0637. The molecule has 1 aliphatic heterocycles. The molecule has 7 nitrogen and oxygen atoms in total. The highest BCUT2D eigenvalue weighted by atomic mass is 16.5. The largest absolute Gasteiger partial charge is 0.496 e. The van der Waals surface area contributed by atoms with Crippen molar-refractivity contribution in [2.24, 2.45) is 0 Å². The molecular weight excluding hydrogens is 368 g/mol. The summed E-state index contributed by atoms with van der Waals surface area (Å²) in [5.41, 5.74) is 1.79. The van der Waals surface area contributed by atoms with Gasteiger partial charge in [0.05, 0.1) is 7.11 Å². The number of likely N-dealkylation sites (N-methyl/N-ethyl adjacent to an activating group) is 1.